The van der Waals surface area contributed by atoms with Gasteiger partial charge in [-0.1, -0.05) is 12.1 Å². The van der Waals surface area contributed by atoms with Gasteiger partial charge in [0.15, 0.2) is 9.84 Å². The first-order valence-corrected chi connectivity index (χ1v) is 7.61. The Kier molecular flexibility index (Phi) is 5.58. The molecule has 0 saturated heterocycles. The second-order valence-electron chi connectivity index (χ2n) is 4.20. The molecule has 1 aromatic carbocycles. The van der Waals surface area contributed by atoms with Gasteiger partial charge in [0, 0.05) is 26.0 Å². The predicted molar refractivity (Wildman–Crippen MR) is 72.5 cm³/mol. The number of sulfone groups is 1. The van der Waals surface area contributed by atoms with Gasteiger partial charge >= 0.3 is 0 Å². The van der Waals surface area contributed by atoms with Crippen molar-refractivity contribution >= 4 is 15.5 Å². The Balaban J connectivity index is 2.63. The van der Waals surface area contributed by atoms with E-state index in [0.717, 1.165) is 0 Å². The zero-order valence-electron chi connectivity index (χ0n) is 10.7. The summed E-state index contributed by atoms with van der Waals surface area (Å²) in [6.45, 7) is 1.10. The Labute approximate surface area is 108 Å². The van der Waals surface area contributed by atoms with Crippen LogP contribution in [0.1, 0.15) is 6.42 Å². The summed E-state index contributed by atoms with van der Waals surface area (Å²) in [6.07, 6.45) is 1.91. The summed E-state index contributed by atoms with van der Waals surface area (Å²) in [5, 5.41) is 3.09. The van der Waals surface area contributed by atoms with Crippen LogP contribution in [0.2, 0.25) is 0 Å². The minimum absolute atomic E-state index is 0.0482. The fourth-order valence-corrected chi connectivity index (χ4v) is 2.49. The van der Waals surface area contributed by atoms with Gasteiger partial charge in [0.2, 0.25) is 0 Å². The highest BCUT2D eigenvalue weighted by atomic mass is 32.2. The van der Waals surface area contributed by atoms with Crippen molar-refractivity contribution < 1.29 is 13.2 Å². The third kappa shape index (κ3) is 4.64. The van der Waals surface area contributed by atoms with E-state index < -0.39 is 9.84 Å². The van der Waals surface area contributed by atoms with Gasteiger partial charge in [-0.05, 0) is 18.6 Å². The van der Waals surface area contributed by atoms with E-state index in [1.807, 2.05) is 0 Å². The molecule has 0 heterocycles. The largest absolute Gasteiger partial charge is 0.384 e. The summed E-state index contributed by atoms with van der Waals surface area (Å²) in [5.41, 5.74) is 6.40. The summed E-state index contributed by atoms with van der Waals surface area (Å²) >= 11 is 0. The predicted octanol–water partition coefficient (Wildman–Crippen LogP) is 0.866. The van der Waals surface area contributed by atoms with Crippen LogP contribution in [0.25, 0.3) is 0 Å². The first-order valence-electron chi connectivity index (χ1n) is 5.72. The zero-order chi connectivity index (χ0) is 13.6. The van der Waals surface area contributed by atoms with Crippen molar-refractivity contribution in [1.29, 1.82) is 0 Å². The standard InChI is InChI=1S/C12H20N2O3S/c1-17-9-10(13)7-8-14-11-5-3-4-6-12(11)18(2,15)16/h3-6,10,14H,7-9,13H2,1-2H3. The third-order valence-electron chi connectivity index (χ3n) is 2.50. The first-order chi connectivity index (χ1) is 8.45. The van der Waals surface area contributed by atoms with Crippen LogP contribution in [-0.4, -0.2) is 41.0 Å². The number of ether oxygens (including phenoxy) is 1. The van der Waals surface area contributed by atoms with Crippen LogP contribution in [0, 0.1) is 0 Å². The molecule has 18 heavy (non-hydrogen) atoms. The van der Waals surface area contributed by atoms with Crippen molar-refractivity contribution in [2.45, 2.75) is 17.4 Å². The monoisotopic (exact) mass is 272 g/mol. The topological polar surface area (TPSA) is 81.4 Å². The minimum Gasteiger partial charge on any atom is -0.384 e. The van der Waals surface area contributed by atoms with E-state index in [0.29, 0.717) is 30.2 Å². The maximum Gasteiger partial charge on any atom is 0.177 e. The lowest BCUT2D eigenvalue weighted by Crippen LogP contribution is -2.28. The second-order valence-corrected chi connectivity index (χ2v) is 6.18. The van der Waals surface area contributed by atoms with E-state index in [1.54, 1.807) is 31.4 Å². The summed E-state index contributed by atoms with van der Waals surface area (Å²) in [5.74, 6) is 0. The van der Waals surface area contributed by atoms with Crippen LogP contribution in [0.5, 0.6) is 0 Å². The molecule has 5 nitrogen and oxygen atoms in total. The Morgan fingerprint density at radius 2 is 2.06 bits per heavy atom. The third-order valence-corrected chi connectivity index (χ3v) is 3.65. The molecule has 0 aliphatic heterocycles. The molecular weight excluding hydrogens is 252 g/mol. The molecule has 3 N–H and O–H groups in total. The molecule has 0 aromatic heterocycles. The average molecular weight is 272 g/mol. The number of anilines is 1. The number of nitrogens with two attached hydrogens (primary N) is 1. The number of para-hydroxylation sites is 1. The van der Waals surface area contributed by atoms with Crippen molar-refractivity contribution in [3.63, 3.8) is 0 Å². The van der Waals surface area contributed by atoms with Gasteiger partial charge in [-0.2, -0.15) is 0 Å². The van der Waals surface area contributed by atoms with Crippen molar-refractivity contribution in [2.24, 2.45) is 5.73 Å². The first kappa shape index (κ1) is 14.9. The van der Waals surface area contributed by atoms with E-state index in [1.165, 1.54) is 6.26 Å². The Morgan fingerprint density at radius 3 is 2.67 bits per heavy atom. The Hall–Kier alpha value is -1.11. The summed E-state index contributed by atoms with van der Waals surface area (Å²) < 4.78 is 28.1. The lowest BCUT2D eigenvalue weighted by Gasteiger charge is -2.13. The molecule has 6 heteroatoms. The molecule has 0 spiro atoms. The van der Waals surface area contributed by atoms with E-state index in [9.17, 15) is 8.42 Å². The molecule has 1 unspecified atom stereocenters. The van der Waals surface area contributed by atoms with E-state index in [4.69, 9.17) is 10.5 Å². The summed E-state index contributed by atoms with van der Waals surface area (Å²) in [4.78, 5) is 0.310. The van der Waals surface area contributed by atoms with Gasteiger partial charge < -0.3 is 15.8 Å². The lowest BCUT2D eigenvalue weighted by atomic mass is 10.2. The number of benzene rings is 1. The molecule has 1 atom stereocenters. The highest BCUT2D eigenvalue weighted by Crippen LogP contribution is 2.20. The zero-order valence-corrected chi connectivity index (χ0v) is 11.5. The van der Waals surface area contributed by atoms with E-state index in [2.05, 4.69) is 5.32 Å². The summed E-state index contributed by atoms with van der Waals surface area (Å²) in [7, 11) is -1.61. The Morgan fingerprint density at radius 1 is 1.39 bits per heavy atom. The number of rotatable bonds is 7. The molecule has 1 rings (SSSR count). The lowest BCUT2D eigenvalue weighted by molar-refractivity contribution is 0.178. The van der Waals surface area contributed by atoms with Gasteiger partial charge in [0.1, 0.15) is 0 Å². The second kappa shape index (κ2) is 6.72. The quantitative estimate of drug-likeness (QED) is 0.769. The normalized spacial score (nSPS) is 13.3. The SMILES string of the molecule is COCC(N)CCNc1ccccc1S(C)(=O)=O. The van der Waals surface area contributed by atoms with Gasteiger partial charge in [-0.3, -0.25) is 0 Å². The minimum atomic E-state index is -3.21. The molecule has 0 aliphatic rings. The number of nitrogens with one attached hydrogen (secondary N) is 1. The average Bonchev–Trinajstić information content (AvgIpc) is 2.28. The fourth-order valence-electron chi connectivity index (χ4n) is 1.63. The van der Waals surface area contributed by atoms with Gasteiger partial charge in [0.05, 0.1) is 17.2 Å². The maximum atomic E-state index is 11.6. The molecule has 0 radical (unpaired) electrons. The number of hydrogen-bond donors (Lipinski definition) is 2. The van der Waals surface area contributed by atoms with Crippen LogP contribution >= 0.6 is 0 Å². The van der Waals surface area contributed by atoms with Crippen molar-refractivity contribution in [3.05, 3.63) is 24.3 Å². The fraction of sp³-hybridized carbons (Fsp3) is 0.500. The highest BCUT2D eigenvalue weighted by Gasteiger charge is 2.12. The summed E-state index contributed by atoms with van der Waals surface area (Å²) in [6, 6.07) is 6.79. The smallest absolute Gasteiger partial charge is 0.177 e. The van der Waals surface area contributed by atoms with Crippen LogP contribution in [0.3, 0.4) is 0 Å². The molecule has 0 aliphatic carbocycles. The van der Waals surface area contributed by atoms with E-state index >= 15 is 0 Å². The molecule has 0 fully saturated rings. The van der Waals surface area contributed by atoms with Crippen LogP contribution in [0.15, 0.2) is 29.2 Å². The highest BCUT2D eigenvalue weighted by molar-refractivity contribution is 7.90. The van der Waals surface area contributed by atoms with Crippen LogP contribution < -0.4 is 11.1 Å². The van der Waals surface area contributed by atoms with Crippen molar-refractivity contribution in [3.8, 4) is 0 Å². The molecular formula is C12H20N2O3S. The van der Waals surface area contributed by atoms with Crippen LogP contribution in [-0.2, 0) is 14.6 Å². The molecule has 1 aromatic rings. The maximum absolute atomic E-state index is 11.6. The molecule has 0 saturated carbocycles. The van der Waals surface area contributed by atoms with Crippen LogP contribution in [0.4, 0.5) is 5.69 Å². The molecule has 0 amide bonds. The van der Waals surface area contributed by atoms with Crippen molar-refractivity contribution in [1.82, 2.24) is 0 Å². The molecule has 0 bridgehead atoms. The van der Waals surface area contributed by atoms with E-state index in [-0.39, 0.29) is 6.04 Å². The van der Waals surface area contributed by atoms with Gasteiger partial charge in [-0.15, -0.1) is 0 Å². The Bertz CT molecular complexity index is 474. The van der Waals surface area contributed by atoms with Gasteiger partial charge in [-0.25, -0.2) is 8.42 Å². The van der Waals surface area contributed by atoms with Gasteiger partial charge in [0.25, 0.3) is 0 Å². The number of methoxy groups -OCH3 is 1. The number of hydrogen-bond acceptors (Lipinski definition) is 5. The van der Waals surface area contributed by atoms with Crippen molar-refractivity contribution in [2.75, 3.05) is 31.8 Å². The molecule has 102 valence electrons.